The van der Waals surface area contributed by atoms with Gasteiger partial charge < -0.3 is 15.2 Å². The molecule has 0 amide bonds. The van der Waals surface area contributed by atoms with Crippen molar-refractivity contribution in [1.82, 2.24) is 0 Å². The van der Waals surface area contributed by atoms with E-state index in [1.165, 1.54) is 0 Å². The summed E-state index contributed by atoms with van der Waals surface area (Å²) < 4.78 is 10.7. The maximum absolute atomic E-state index is 5.77. The van der Waals surface area contributed by atoms with Crippen LogP contribution in [0.1, 0.15) is 13.8 Å². The average Bonchev–Trinajstić information content (AvgIpc) is 2.14. The van der Waals surface area contributed by atoms with Crippen LogP contribution in [-0.2, 0) is 0 Å². The Morgan fingerprint density at radius 3 is 2.29 bits per heavy atom. The lowest BCUT2D eigenvalue weighted by Gasteiger charge is -2.11. The minimum atomic E-state index is 0.577. The van der Waals surface area contributed by atoms with Crippen LogP contribution in [-0.4, -0.2) is 13.2 Å². The Bertz CT molecular complexity index is 283. The van der Waals surface area contributed by atoms with Crippen molar-refractivity contribution in [2.24, 2.45) is 0 Å². The topological polar surface area (TPSA) is 44.5 Å². The van der Waals surface area contributed by atoms with Gasteiger partial charge in [0.2, 0.25) is 0 Å². The van der Waals surface area contributed by atoms with E-state index in [4.69, 9.17) is 15.2 Å². The van der Waals surface area contributed by atoms with Crippen LogP contribution >= 0.6 is 12.6 Å². The normalized spacial score (nSPS) is 9.93. The fourth-order valence-electron chi connectivity index (χ4n) is 1.12. The molecule has 0 unspecified atom stereocenters. The van der Waals surface area contributed by atoms with E-state index in [9.17, 15) is 0 Å². The highest BCUT2D eigenvalue weighted by Crippen LogP contribution is 2.33. The highest BCUT2D eigenvalue weighted by molar-refractivity contribution is 7.80. The molecule has 0 aromatic heterocycles. The largest absolute Gasteiger partial charge is 0.493 e. The monoisotopic (exact) mass is 213 g/mol. The molecule has 0 spiro atoms. The van der Waals surface area contributed by atoms with E-state index in [0.717, 1.165) is 4.90 Å². The fraction of sp³-hybridized carbons (Fsp3) is 0.400. The zero-order valence-corrected chi connectivity index (χ0v) is 9.30. The van der Waals surface area contributed by atoms with E-state index in [-0.39, 0.29) is 0 Å². The number of hydrogen-bond acceptors (Lipinski definition) is 4. The third-order valence-corrected chi connectivity index (χ3v) is 2.04. The Kier molecular flexibility index (Phi) is 3.95. The number of anilines is 1. The van der Waals surface area contributed by atoms with Crippen molar-refractivity contribution in [3.63, 3.8) is 0 Å². The Hall–Kier alpha value is -1.03. The third kappa shape index (κ3) is 2.48. The Labute approximate surface area is 89.6 Å². The summed E-state index contributed by atoms with van der Waals surface area (Å²) in [5.74, 6) is 1.35. The molecule has 0 radical (unpaired) electrons. The number of benzene rings is 1. The minimum Gasteiger partial charge on any atom is -0.493 e. The van der Waals surface area contributed by atoms with Gasteiger partial charge in [-0.1, -0.05) is 0 Å². The van der Waals surface area contributed by atoms with Gasteiger partial charge in [-0.25, -0.2) is 0 Å². The first-order valence-corrected chi connectivity index (χ1v) is 5.01. The first-order valence-electron chi connectivity index (χ1n) is 4.57. The van der Waals surface area contributed by atoms with Crippen LogP contribution in [0.3, 0.4) is 0 Å². The van der Waals surface area contributed by atoms with Gasteiger partial charge in [-0.2, -0.15) is 0 Å². The van der Waals surface area contributed by atoms with E-state index in [1.807, 2.05) is 13.8 Å². The lowest BCUT2D eigenvalue weighted by atomic mass is 10.3. The van der Waals surface area contributed by atoms with Gasteiger partial charge in [-0.15, -0.1) is 12.6 Å². The zero-order chi connectivity index (χ0) is 10.6. The number of ether oxygens (including phenoxy) is 2. The molecule has 0 aliphatic carbocycles. The van der Waals surface area contributed by atoms with Crippen molar-refractivity contribution in [2.75, 3.05) is 18.9 Å². The van der Waals surface area contributed by atoms with E-state index in [2.05, 4.69) is 12.6 Å². The van der Waals surface area contributed by atoms with Gasteiger partial charge in [-0.05, 0) is 19.9 Å². The summed E-state index contributed by atoms with van der Waals surface area (Å²) in [5, 5.41) is 0. The second-order valence-corrected chi connectivity index (χ2v) is 3.21. The molecule has 0 fully saturated rings. The standard InChI is InChI=1S/C10H15NO2S/c1-3-12-8-6-10(14)9(13-4-2)5-7(8)11/h5-6,14H,3-4,11H2,1-2H3. The first-order chi connectivity index (χ1) is 6.69. The Morgan fingerprint density at radius 2 is 1.71 bits per heavy atom. The van der Waals surface area contributed by atoms with Crippen LogP contribution in [0.15, 0.2) is 17.0 Å². The molecule has 1 aromatic rings. The van der Waals surface area contributed by atoms with E-state index in [0.29, 0.717) is 30.4 Å². The van der Waals surface area contributed by atoms with Crippen molar-refractivity contribution in [3.8, 4) is 11.5 Å². The summed E-state index contributed by atoms with van der Waals surface area (Å²) in [5.41, 5.74) is 6.34. The first kappa shape index (κ1) is 11.0. The molecule has 0 heterocycles. The van der Waals surface area contributed by atoms with Crippen molar-refractivity contribution < 1.29 is 9.47 Å². The van der Waals surface area contributed by atoms with Crippen molar-refractivity contribution in [3.05, 3.63) is 12.1 Å². The quantitative estimate of drug-likeness (QED) is 0.596. The summed E-state index contributed by atoms with van der Waals surface area (Å²) in [6.45, 7) is 5.01. The molecule has 0 aliphatic heterocycles. The molecule has 2 N–H and O–H groups in total. The Morgan fingerprint density at radius 1 is 1.14 bits per heavy atom. The van der Waals surface area contributed by atoms with Gasteiger partial charge in [0.15, 0.2) is 0 Å². The second kappa shape index (κ2) is 5.00. The van der Waals surface area contributed by atoms with Gasteiger partial charge in [0.05, 0.1) is 23.8 Å². The van der Waals surface area contributed by atoms with Crippen LogP contribution < -0.4 is 15.2 Å². The van der Waals surface area contributed by atoms with Gasteiger partial charge in [0.25, 0.3) is 0 Å². The van der Waals surface area contributed by atoms with Gasteiger partial charge in [-0.3, -0.25) is 0 Å². The number of thiol groups is 1. The van der Waals surface area contributed by atoms with Crippen molar-refractivity contribution >= 4 is 18.3 Å². The molecule has 78 valence electrons. The smallest absolute Gasteiger partial charge is 0.143 e. The van der Waals surface area contributed by atoms with Crippen LogP contribution in [0, 0.1) is 0 Å². The van der Waals surface area contributed by atoms with E-state index in [1.54, 1.807) is 12.1 Å². The lowest BCUT2D eigenvalue weighted by molar-refractivity contribution is 0.325. The molecular formula is C10H15NO2S. The van der Waals surface area contributed by atoms with Crippen LogP contribution in [0.2, 0.25) is 0 Å². The number of rotatable bonds is 4. The lowest BCUT2D eigenvalue weighted by Crippen LogP contribution is -1.99. The van der Waals surface area contributed by atoms with Crippen LogP contribution in [0.25, 0.3) is 0 Å². The van der Waals surface area contributed by atoms with Crippen LogP contribution in [0.5, 0.6) is 11.5 Å². The summed E-state index contributed by atoms with van der Waals surface area (Å²) in [6.07, 6.45) is 0. The molecule has 3 nitrogen and oxygen atoms in total. The van der Waals surface area contributed by atoms with Gasteiger partial charge in [0.1, 0.15) is 11.5 Å². The summed E-state index contributed by atoms with van der Waals surface area (Å²) in [6, 6.07) is 3.50. The van der Waals surface area contributed by atoms with Gasteiger partial charge in [0, 0.05) is 6.07 Å². The van der Waals surface area contributed by atoms with Crippen molar-refractivity contribution in [1.29, 1.82) is 0 Å². The fourth-order valence-corrected chi connectivity index (χ4v) is 1.36. The highest BCUT2D eigenvalue weighted by Gasteiger charge is 2.06. The molecule has 0 saturated heterocycles. The number of nitrogens with two attached hydrogens (primary N) is 1. The van der Waals surface area contributed by atoms with Gasteiger partial charge >= 0.3 is 0 Å². The SMILES string of the molecule is CCOc1cc(S)c(OCC)cc1N. The second-order valence-electron chi connectivity index (χ2n) is 2.72. The molecule has 1 rings (SSSR count). The summed E-state index contributed by atoms with van der Waals surface area (Å²) in [7, 11) is 0. The molecule has 14 heavy (non-hydrogen) atoms. The Balaban J connectivity index is 2.97. The number of hydrogen-bond donors (Lipinski definition) is 2. The zero-order valence-electron chi connectivity index (χ0n) is 8.41. The molecule has 0 bridgehead atoms. The van der Waals surface area contributed by atoms with E-state index >= 15 is 0 Å². The summed E-state index contributed by atoms with van der Waals surface area (Å²) in [4.78, 5) is 0.740. The average molecular weight is 213 g/mol. The minimum absolute atomic E-state index is 0.577. The molecule has 0 atom stereocenters. The molecular weight excluding hydrogens is 198 g/mol. The van der Waals surface area contributed by atoms with Crippen molar-refractivity contribution in [2.45, 2.75) is 18.7 Å². The maximum Gasteiger partial charge on any atom is 0.143 e. The highest BCUT2D eigenvalue weighted by atomic mass is 32.1. The van der Waals surface area contributed by atoms with E-state index < -0.39 is 0 Å². The predicted molar refractivity (Wildman–Crippen MR) is 60.4 cm³/mol. The third-order valence-electron chi connectivity index (χ3n) is 1.69. The molecule has 1 aromatic carbocycles. The molecule has 0 aliphatic rings. The molecule has 4 heteroatoms. The van der Waals surface area contributed by atoms with Crippen LogP contribution in [0.4, 0.5) is 5.69 Å². The maximum atomic E-state index is 5.77. The molecule has 0 saturated carbocycles. The predicted octanol–water partition coefficient (Wildman–Crippen LogP) is 2.35. The summed E-state index contributed by atoms with van der Waals surface area (Å²) >= 11 is 4.28. The number of nitrogen functional groups attached to an aromatic ring is 1.